The van der Waals surface area contributed by atoms with E-state index in [9.17, 15) is 4.79 Å². The standard InChI is InChI=1S/C22H34N6O3/c1-5-6-10-13-27(3)22(29)30-15-19-20(25-26-28(19)4)18-14-23-21(16(2)24-18)31-17-11-8-7-9-12-17/h14,17H,5-13,15H2,1-4H3. The Morgan fingerprint density at radius 2 is 2.03 bits per heavy atom. The number of nitrogens with zero attached hydrogens (tertiary/aromatic N) is 6. The van der Waals surface area contributed by atoms with Crippen molar-refractivity contribution in [2.45, 2.75) is 77.9 Å². The van der Waals surface area contributed by atoms with Crippen molar-refractivity contribution in [2.24, 2.45) is 7.05 Å². The molecule has 2 aromatic heterocycles. The normalized spacial score (nSPS) is 14.5. The van der Waals surface area contributed by atoms with Gasteiger partial charge in [0.15, 0.2) is 0 Å². The topological polar surface area (TPSA) is 95.3 Å². The van der Waals surface area contributed by atoms with Gasteiger partial charge in [0.25, 0.3) is 0 Å². The lowest BCUT2D eigenvalue weighted by molar-refractivity contribution is 0.102. The minimum Gasteiger partial charge on any atom is -0.473 e. The first-order chi connectivity index (χ1) is 15.0. The molecule has 1 amide bonds. The van der Waals surface area contributed by atoms with E-state index in [2.05, 4.69) is 27.2 Å². The van der Waals surface area contributed by atoms with E-state index in [1.807, 2.05) is 6.92 Å². The maximum absolute atomic E-state index is 12.3. The summed E-state index contributed by atoms with van der Waals surface area (Å²) in [4.78, 5) is 23.0. The summed E-state index contributed by atoms with van der Waals surface area (Å²) in [5.74, 6) is 0.571. The number of hydrogen-bond acceptors (Lipinski definition) is 7. The van der Waals surface area contributed by atoms with Crippen LogP contribution in [-0.2, 0) is 18.4 Å². The van der Waals surface area contributed by atoms with Crippen LogP contribution in [0.25, 0.3) is 11.4 Å². The molecule has 1 saturated carbocycles. The molecule has 170 valence electrons. The van der Waals surface area contributed by atoms with Crippen molar-refractivity contribution in [3.63, 3.8) is 0 Å². The molecule has 0 unspecified atom stereocenters. The van der Waals surface area contributed by atoms with Gasteiger partial charge < -0.3 is 14.4 Å². The summed E-state index contributed by atoms with van der Waals surface area (Å²) in [6, 6.07) is 0. The maximum atomic E-state index is 12.3. The lowest BCUT2D eigenvalue weighted by atomic mass is 9.98. The molecule has 0 atom stereocenters. The largest absolute Gasteiger partial charge is 0.473 e. The summed E-state index contributed by atoms with van der Waals surface area (Å²) in [5, 5.41) is 8.31. The van der Waals surface area contributed by atoms with E-state index in [0.29, 0.717) is 35.2 Å². The molecule has 2 aromatic rings. The predicted molar refractivity (Wildman–Crippen MR) is 117 cm³/mol. The van der Waals surface area contributed by atoms with Crippen LogP contribution in [0, 0.1) is 6.92 Å². The number of rotatable bonds is 9. The van der Waals surface area contributed by atoms with E-state index in [0.717, 1.165) is 32.1 Å². The molecule has 0 radical (unpaired) electrons. The number of aromatic nitrogens is 5. The highest BCUT2D eigenvalue weighted by atomic mass is 16.6. The maximum Gasteiger partial charge on any atom is 0.409 e. The van der Waals surface area contributed by atoms with Crippen LogP contribution in [0.1, 0.15) is 69.7 Å². The molecule has 0 aromatic carbocycles. The van der Waals surface area contributed by atoms with Gasteiger partial charge in [-0.1, -0.05) is 31.4 Å². The summed E-state index contributed by atoms with van der Waals surface area (Å²) < 4.78 is 13.2. The summed E-state index contributed by atoms with van der Waals surface area (Å²) in [6.45, 7) is 4.76. The molecule has 2 heterocycles. The molecule has 0 aliphatic heterocycles. The van der Waals surface area contributed by atoms with Crippen LogP contribution < -0.4 is 4.74 Å². The molecular weight excluding hydrogens is 396 g/mol. The molecule has 0 saturated heterocycles. The van der Waals surface area contributed by atoms with Crippen LogP contribution in [0.2, 0.25) is 0 Å². The zero-order valence-corrected chi connectivity index (χ0v) is 19.1. The lowest BCUT2D eigenvalue weighted by Crippen LogP contribution is -2.28. The quantitative estimate of drug-likeness (QED) is 0.554. The molecule has 1 fully saturated rings. The number of aryl methyl sites for hydroxylation is 2. The Morgan fingerprint density at radius 1 is 1.26 bits per heavy atom. The SMILES string of the molecule is CCCCCN(C)C(=O)OCc1c(-c2cnc(OC3CCCCC3)c(C)n2)nnn1C. The van der Waals surface area contributed by atoms with Crippen molar-refractivity contribution in [2.75, 3.05) is 13.6 Å². The van der Waals surface area contributed by atoms with Crippen LogP contribution in [0.3, 0.4) is 0 Å². The van der Waals surface area contributed by atoms with Crippen molar-refractivity contribution >= 4 is 6.09 Å². The molecule has 1 aliphatic rings. The van der Waals surface area contributed by atoms with Gasteiger partial charge in [-0.3, -0.25) is 0 Å². The van der Waals surface area contributed by atoms with E-state index < -0.39 is 0 Å². The lowest BCUT2D eigenvalue weighted by Gasteiger charge is -2.22. The second-order valence-corrected chi connectivity index (χ2v) is 8.22. The van der Waals surface area contributed by atoms with Gasteiger partial charge in [-0.15, -0.1) is 5.10 Å². The van der Waals surface area contributed by atoms with Gasteiger partial charge in [0, 0.05) is 20.6 Å². The van der Waals surface area contributed by atoms with E-state index in [1.54, 1.807) is 29.9 Å². The zero-order chi connectivity index (χ0) is 22.2. The number of carbonyl (C=O) groups is 1. The Morgan fingerprint density at radius 3 is 2.74 bits per heavy atom. The average Bonchev–Trinajstić information content (AvgIpc) is 3.14. The third-order valence-corrected chi connectivity index (χ3v) is 5.66. The second kappa shape index (κ2) is 11.1. The van der Waals surface area contributed by atoms with Gasteiger partial charge in [0.1, 0.15) is 35.5 Å². The van der Waals surface area contributed by atoms with E-state index in [1.165, 1.54) is 19.3 Å². The van der Waals surface area contributed by atoms with E-state index in [4.69, 9.17) is 9.47 Å². The van der Waals surface area contributed by atoms with Crippen molar-refractivity contribution in [3.05, 3.63) is 17.6 Å². The molecule has 31 heavy (non-hydrogen) atoms. The molecule has 0 spiro atoms. The van der Waals surface area contributed by atoms with E-state index in [-0.39, 0.29) is 18.8 Å². The summed E-state index contributed by atoms with van der Waals surface area (Å²) in [7, 11) is 3.52. The van der Waals surface area contributed by atoms with Crippen LogP contribution in [0.5, 0.6) is 5.88 Å². The number of amides is 1. The van der Waals surface area contributed by atoms with Crippen LogP contribution >= 0.6 is 0 Å². The minimum atomic E-state index is -0.359. The van der Waals surface area contributed by atoms with Crippen molar-refractivity contribution in [1.29, 1.82) is 0 Å². The third kappa shape index (κ3) is 6.15. The highest BCUT2D eigenvalue weighted by molar-refractivity contribution is 5.67. The van der Waals surface area contributed by atoms with Gasteiger partial charge in [-0.2, -0.15) is 0 Å². The van der Waals surface area contributed by atoms with Gasteiger partial charge in [-0.25, -0.2) is 19.4 Å². The Labute approximate surface area is 184 Å². The van der Waals surface area contributed by atoms with Gasteiger partial charge >= 0.3 is 6.09 Å². The Kier molecular flexibility index (Phi) is 8.20. The molecule has 9 heteroatoms. The summed E-state index contributed by atoms with van der Waals surface area (Å²) in [6.07, 6.45) is 10.5. The fraction of sp³-hybridized carbons (Fsp3) is 0.682. The molecule has 0 bridgehead atoms. The van der Waals surface area contributed by atoms with Gasteiger partial charge in [0.05, 0.1) is 6.20 Å². The number of hydrogen-bond donors (Lipinski definition) is 0. The van der Waals surface area contributed by atoms with E-state index >= 15 is 0 Å². The van der Waals surface area contributed by atoms with Crippen LogP contribution in [-0.4, -0.2) is 55.7 Å². The average molecular weight is 431 g/mol. The fourth-order valence-electron chi connectivity index (χ4n) is 3.71. The predicted octanol–water partition coefficient (Wildman–Crippen LogP) is 4.05. The molecular formula is C22H34N6O3. The molecule has 9 nitrogen and oxygen atoms in total. The van der Waals surface area contributed by atoms with Crippen LogP contribution in [0.15, 0.2) is 6.20 Å². The van der Waals surface area contributed by atoms with Gasteiger partial charge in [-0.05, 0) is 39.0 Å². The fourth-order valence-corrected chi connectivity index (χ4v) is 3.71. The number of carbonyl (C=O) groups excluding carboxylic acids is 1. The first-order valence-electron chi connectivity index (χ1n) is 11.3. The second-order valence-electron chi connectivity index (χ2n) is 8.22. The molecule has 3 rings (SSSR count). The Hall–Kier alpha value is -2.71. The number of unbranched alkanes of at least 4 members (excludes halogenated alkanes) is 2. The summed E-state index contributed by atoms with van der Waals surface area (Å²) in [5.41, 5.74) is 2.53. The van der Waals surface area contributed by atoms with Gasteiger partial charge in [0.2, 0.25) is 5.88 Å². The molecule has 1 aliphatic carbocycles. The minimum absolute atomic E-state index is 0.0663. The van der Waals surface area contributed by atoms with Crippen LogP contribution in [0.4, 0.5) is 4.79 Å². The Balaban J connectivity index is 1.65. The first kappa shape index (κ1) is 23.0. The highest BCUT2D eigenvalue weighted by Crippen LogP contribution is 2.26. The Bertz CT molecular complexity index is 863. The monoisotopic (exact) mass is 430 g/mol. The summed E-state index contributed by atoms with van der Waals surface area (Å²) >= 11 is 0. The first-order valence-corrected chi connectivity index (χ1v) is 11.3. The smallest absolute Gasteiger partial charge is 0.409 e. The van der Waals surface area contributed by atoms with Crippen molar-refractivity contribution in [3.8, 4) is 17.3 Å². The van der Waals surface area contributed by atoms with Crippen molar-refractivity contribution < 1.29 is 14.3 Å². The van der Waals surface area contributed by atoms with Crippen molar-refractivity contribution in [1.82, 2.24) is 29.9 Å². The highest BCUT2D eigenvalue weighted by Gasteiger charge is 2.21. The molecule has 0 N–H and O–H groups in total. The number of ether oxygens (including phenoxy) is 2. The third-order valence-electron chi connectivity index (χ3n) is 5.66. The zero-order valence-electron chi connectivity index (χ0n) is 19.1.